The smallest absolute Gasteiger partial charge is 0.273 e. The van der Waals surface area contributed by atoms with Crippen LogP contribution in [0.25, 0.3) is 10.9 Å². The highest BCUT2D eigenvalue weighted by Crippen LogP contribution is 2.24. The maximum absolute atomic E-state index is 11.0. The monoisotopic (exact) mass is 282 g/mol. The van der Waals surface area contributed by atoms with Crippen molar-refractivity contribution in [1.82, 2.24) is 4.57 Å². The molecule has 0 bridgehead atoms. The van der Waals surface area contributed by atoms with Gasteiger partial charge < -0.3 is 9.30 Å². The fourth-order valence-electron chi connectivity index (χ4n) is 2.43. The molecule has 0 unspecified atom stereocenters. The molecular weight excluding hydrogens is 268 g/mol. The molecule has 0 aliphatic carbocycles. The summed E-state index contributed by atoms with van der Waals surface area (Å²) < 4.78 is 7.20. The minimum Gasteiger partial charge on any atom is -0.496 e. The fraction of sp³-hybridized carbons (Fsp3) is 0.125. The molecule has 0 amide bonds. The van der Waals surface area contributed by atoms with E-state index in [9.17, 15) is 10.1 Å². The maximum Gasteiger partial charge on any atom is 0.273 e. The molecule has 0 aliphatic heterocycles. The van der Waals surface area contributed by atoms with Crippen molar-refractivity contribution in [3.8, 4) is 5.75 Å². The van der Waals surface area contributed by atoms with Crippen LogP contribution in [0.4, 0.5) is 5.69 Å². The Morgan fingerprint density at radius 2 is 2.00 bits per heavy atom. The van der Waals surface area contributed by atoms with E-state index in [-0.39, 0.29) is 5.69 Å². The third kappa shape index (κ3) is 2.58. The Kier molecular flexibility index (Phi) is 3.31. The van der Waals surface area contributed by atoms with Crippen molar-refractivity contribution in [2.45, 2.75) is 6.54 Å². The van der Waals surface area contributed by atoms with E-state index >= 15 is 0 Å². The average Bonchev–Trinajstić information content (AvgIpc) is 2.90. The van der Waals surface area contributed by atoms with Gasteiger partial charge in [0.25, 0.3) is 5.69 Å². The predicted molar refractivity (Wildman–Crippen MR) is 80.7 cm³/mol. The van der Waals surface area contributed by atoms with Crippen LogP contribution in [0.2, 0.25) is 0 Å². The minimum atomic E-state index is -0.403. The number of non-ortho nitro benzene ring substituents is 1. The second-order valence-corrected chi connectivity index (χ2v) is 4.80. The topological polar surface area (TPSA) is 57.3 Å². The van der Waals surface area contributed by atoms with E-state index in [2.05, 4.69) is 4.57 Å². The molecule has 5 heteroatoms. The number of para-hydroxylation sites is 1. The zero-order valence-corrected chi connectivity index (χ0v) is 11.5. The zero-order chi connectivity index (χ0) is 14.8. The molecule has 3 rings (SSSR count). The molecule has 106 valence electrons. The molecule has 0 saturated carbocycles. The van der Waals surface area contributed by atoms with Gasteiger partial charge in [0.2, 0.25) is 0 Å². The van der Waals surface area contributed by atoms with Gasteiger partial charge in [-0.25, -0.2) is 0 Å². The Morgan fingerprint density at radius 3 is 2.76 bits per heavy atom. The van der Waals surface area contributed by atoms with Crippen LogP contribution in [0.3, 0.4) is 0 Å². The molecule has 1 heterocycles. The number of methoxy groups -OCH3 is 1. The van der Waals surface area contributed by atoms with Crippen molar-refractivity contribution in [1.29, 1.82) is 0 Å². The molecule has 0 spiro atoms. The SMILES string of the molecule is COc1cc(Cn2ccc3ccccc32)cc([N+](=O)[O-])c1. The Hall–Kier alpha value is -2.82. The molecule has 5 nitrogen and oxygen atoms in total. The lowest BCUT2D eigenvalue weighted by atomic mass is 10.2. The van der Waals surface area contributed by atoms with Crippen molar-refractivity contribution < 1.29 is 9.66 Å². The first-order valence-electron chi connectivity index (χ1n) is 6.53. The van der Waals surface area contributed by atoms with Crippen molar-refractivity contribution in [3.63, 3.8) is 0 Å². The highest BCUT2D eigenvalue weighted by atomic mass is 16.6. The number of benzene rings is 2. The number of rotatable bonds is 4. The summed E-state index contributed by atoms with van der Waals surface area (Å²) in [4.78, 5) is 10.6. The summed E-state index contributed by atoms with van der Waals surface area (Å²) >= 11 is 0. The Balaban J connectivity index is 2.01. The van der Waals surface area contributed by atoms with Gasteiger partial charge in [0, 0.05) is 24.3 Å². The van der Waals surface area contributed by atoms with Gasteiger partial charge in [0.15, 0.2) is 0 Å². The van der Waals surface area contributed by atoms with E-state index < -0.39 is 4.92 Å². The number of fused-ring (bicyclic) bond motifs is 1. The zero-order valence-electron chi connectivity index (χ0n) is 11.5. The van der Waals surface area contributed by atoms with Gasteiger partial charge in [-0.2, -0.15) is 0 Å². The Labute approximate surface area is 121 Å². The lowest BCUT2D eigenvalue weighted by molar-refractivity contribution is -0.385. The number of hydrogen-bond acceptors (Lipinski definition) is 3. The standard InChI is InChI=1S/C16H14N2O3/c1-21-15-9-12(8-14(10-15)18(19)20)11-17-7-6-13-4-2-3-5-16(13)17/h2-10H,11H2,1H3. The van der Waals surface area contributed by atoms with E-state index in [1.165, 1.54) is 13.2 Å². The highest BCUT2D eigenvalue weighted by molar-refractivity contribution is 5.80. The first-order chi connectivity index (χ1) is 10.2. The second-order valence-electron chi connectivity index (χ2n) is 4.80. The van der Waals surface area contributed by atoms with Crippen LogP contribution >= 0.6 is 0 Å². The minimum absolute atomic E-state index is 0.0424. The number of ether oxygens (including phenoxy) is 1. The largest absolute Gasteiger partial charge is 0.496 e. The molecule has 0 saturated heterocycles. The molecule has 21 heavy (non-hydrogen) atoms. The van der Waals surface area contributed by atoms with Gasteiger partial charge in [-0.1, -0.05) is 18.2 Å². The number of nitro groups is 1. The first kappa shape index (κ1) is 13.2. The number of nitrogens with zero attached hydrogens (tertiary/aromatic N) is 2. The van der Waals surface area contributed by atoms with E-state index in [4.69, 9.17) is 4.74 Å². The van der Waals surface area contributed by atoms with Crippen LogP contribution in [0.5, 0.6) is 5.75 Å². The first-order valence-corrected chi connectivity index (χ1v) is 6.53. The van der Waals surface area contributed by atoms with Gasteiger partial charge in [0.1, 0.15) is 5.75 Å². The van der Waals surface area contributed by atoms with Crippen LogP contribution in [-0.2, 0) is 6.54 Å². The number of nitro benzene ring substituents is 1. The van der Waals surface area contributed by atoms with Crippen LogP contribution in [0.15, 0.2) is 54.7 Å². The molecule has 2 aromatic carbocycles. The quantitative estimate of drug-likeness (QED) is 0.542. The second kappa shape index (κ2) is 5.28. The molecule has 0 aliphatic rings. The van der Waals surface area contributed by atoms with E-state index in [1.807, 2.05) is 42.6 Å². The number of hydrogen-bond donors (Lipinski definition) is 0. The van der Waals surface area contributed by atoms with Gasteiger partial charge in [-0.05, 0) is 29.1 Å². The van der Waals surface area contributed by atoms with E-state index in [0.29, 0.717) is 12.3 Å². The van der Waals surface area contributed by atoms with Gasteiger partial charge in [-0.15, -0.1) is 0 Å². The Bertz CT molecular complexity index is 808. The van der Waals surface area contributed by atoms with Gasteiger partial charge in [-0.3, -0.25) is 10.1 Å². The fourth-order valence-corrected chi connectivity index (χ4v) is 2.43. The van der Waals surface area contributed by atoms with Gasteiger partial charge in [0.05, 0.1) is 18.1 Å². The third-order valence-electron chi connectivity index (χ3n) is 3.43. The predicted octanol–water partition coefficient (Wildman–Crippen LogP) is 3.61. The maximum atomic E-state index is 11.0. The molecule has 0 atom stereocenters. The summed E-state index contributed by atoms with van der Waals surface area (Å²) in [7, 11) is 1.51. The summed E-state index contributed by atoms with van der Waals surface area (Å²) in [6.07, 6.45) is 1.98. The molecule has 0 radical (unpaired) electrons. The lowest BCUT2D eigenvalue weighted by Gasteiger charge is -2.08. The highest BCUT2D eigenvalue weighted by Gasteiger charge is 2.11. The summed E-state index contributed by atoms with van der Waals surface area (Å²) in [6.45, 7) is 0.561. The van der Waals surface area contributed by atoms with Gasteiger partial charge >= 0.3 is 0 Å². The van der Waals surface area contributed by atoms with Crippen LogP contribution in [0, 0.1) is 10.1 Å². The number of aromatic nitrogens is 1. The third-order valence-corrected chi connectivity index (χ3v) is 3.43. The van der Waals surface area contributed by atoms with E-state index in [1.54, 1.807) is 6.07 Å². The summed E-state index contributed by atoms with van der Waals surface area (Å²) in [5.74, 6) is 0.496. The van der Waals surface area contributed by atoms with E-state index in [0.717, 1.165) is 16.5 Å². The van der Waals surface area contributed by atoms with Crippen molar-refractivity contribution in [3.05, 3.63) is 70.4 Å². The summed E-state index contributed by atoms with van der Waals surface area (Å²) in [6, 6.07) is 14.9. The van der Waals surface area contributed by atoms with Crippen LogP contribution < -0.4 is 4.74 Å². The lowest BCUT2D eigenvalue weighted by Crippen LogP contribution is -2.00. The summed E-state index contributed by atoms with van der Waals surface area (Å²) in [5.41, 5.74) is 1.98. The molecule has 3 aromatic rings. The van der Waals surface area contributed by atoms with Crippen LogP contribution in [0.1, 0.15) is 5.56 Å². The normalized spacial score (nSPS) is 10.7. The van der Waals surface area contributed by atoms with Crippen LogP contribution in [-0.4, -0.2) is 16.6 Å². The Morgan fingerprint density at radius 1 is 1.19 bits per heavy atom. The summed E-state index contributed by atoms with van der Waals surface area (Å²) in [5, 5.41) is 12.1. The molecule has 0 N–H and O–H groups in total. The molecule has 0 fully saturated rings. The van der Waals surface area contributed by atoms with Crippen molar-refractivity contribution in [2.75, 3.05) is 7.11 Å². The van der Waals surface area contributed by atoms with Crippen molar-refractivity contribution >= 4 is 16.6 Å². The van der Waals surface area contributed by atoms with Crippen molar-refractivity contribution in [2.24, 2.45) is 0 Å². The average molecular weight is 282 g/mol. The molecular formula is C16H14N2O3. The molecule has 1 aromatic heterocycles.